The van der Waals surface area contributed by atoms with Gasteiger partial charge in [-0.25, -0.2) is 4.79 Å². The van der Waals surface area contributed by atoms with Crippen LogP contribution in [-0.2, 0) is 4.79 Å². The Bertz CT molecular complexity index is 640. The van der Waals surface area contributed by atoms with Gasteiger partial charge in [-0.15, -0.1) is 0 Å². The number of nitrogens with zero attached hydrogens (tertiary/aromatic N) is 2. The molecule has 0 aromatic heterocycles. The van der Waals surface area contributed by atoms with E-state index in [0.29, 0.717) is 5.92 Å². The highest BCUT2D eigenvalue weighted by molar-refractivity contribution is 5.81. The van der Waals surface area contributed by atoms with Gasteiger partial charge >= 0.3 is 6.03 Å². The molecule has 4 N–H and O–H groups in total. The highest BCUT2D eigenvalue weighted by Crippen LogP contribution is 2.37. The average Bonchev–Trinajstić information content (AvgIpc) is 2.94. The Labute approximate surface area is 160 Å². The molecule has 0 spiro atoms. The first-order valence-electron chi connectivity index (χ1n) is 10.6. The second-order valence-electron chi connectivity index (χ2n) is 9.38. The number of fused-ring (bicyclic) bond motifs is 2. The molecule has 27 heavy (non-hydrogen) atoms. The molecule has 5 aliphatic rings. The van der Waals surface area contributed by atoms with Crippen molar-refractivity contribution in [1.29, 1.82) is 0 Å². The summed E-state index contributed by atoms with van der Waals surface area (Å²) in [5, 5.41) is 13.6. The van der Waals surface area contributed by atoms with Crippen molar-refractivity contribution < 1.29 is 9.59 Å². The number of piperidine rings is 2. The minimum atomic E-state index is -0.370. The van der Waals surface area contributed by atoms with Gasteiger partial charge < -0.3 is 15.5 Å². The van der Waals surface area contributed by atoms with Crippen molar-refractivity contribution >= 4 is 11.9 Å². The van der Waals surface area contributed by atoms with E-state index in [9.17, 15) is 9.59 Å². The van der Waals surface area contributed by atoms with Crippen LogP contribution < -0.4 is 21.3 Å². The van der Waals surface area contributed by atoms with Crippen LogP contribution >= 0.6 is 0 Å². The summed E-state index contributed by atoms with van der Waals surface area (Å²) in [6, 6.07) is 0.239. The molecule has 6 atom stereocenters. The van der Waals surface area contributed by atoms with Gasteiger partial charge in [0.2, 0.25) is 5.91 Å². The highest BCUT2D eigenvalue weighted by Gasteiger charge is 2.53. The van der Waals surface area contributed by atoms with E-state index < -0.39 is 0 Å². The quantitative estimate of drug-likeness (QED) is 0.489. The van der Waals surface area contributed by atoms with E-state index in [1.165, 1.54) is 6.42 Å². The molecule has 8 nitrogen and oxygen atoms in total. The zero-order chi connectivity index (χ0) is 18.8. The summed E-state index contributed by atoms with van der Waals surface area (Å²) in [6.07, 6.45) is 6.26. The van der Waals surface area contributed by atoms with Crippen LogP contribution in [0.2, 0.25) is 0 Å². The third kappa shape index (κ3) is 2.76. The predicted molar refractivity (Wildman–Crippen MR) is 100 cm³/mol. The van der Waals surface area contributed by atoms with Gasteiger partial charge in [0, 0.05) is 6.54 Å². The Balaban J connectivity index is 1.50. The topological polar surface area (TPSA) is 88.7 Å². The molecule has 5 aliphatic heterocycles. The van der Waals surface area contributed by atoms with Crippen LogP contribution in [0.25, 0.3) is 0 Å². The number of carbonyl (C=O) groups excluding carboxylic acids is 2. The first-order valence-corrected chi connectivity index (χ1v) is 10.6. The molecule has 0 aliphatic carbocycles. The number of carbonyl (C=O) groups is 2. The summed E-state index contributed by atoms with van der Waals surface area (Å²) in [5.74, 6) is 0.636. The zero-order valence-electron chi connectivity index (χ0n) is 16.3. The van der Waals surface area contributed by atoms with Gasteiger partial charge in [0.25, 0.3) is 0 Å². The SMILES string of the molecule is CC1(C)NC(=O)C2CCC3NC2N1CCCCC1CCNC2NC(=O)N3C12. The number of rotatable bonds is 0. The average molecular weight is 377 g/mol. The van der Waals surface area contributed by atoms with E-state index in [1.807, 2.05) is 0 Å². The summed E-state index contributed by atoms with van der Waals surface area (Å²) in [4.78, 5) is 30.1. The van der Waals surface area contributed by atoms with Crippen LogP contribution in [0.4, 0.5) is 4.79 Å². The Kier molecular flexibility index (Phi) is 4.14. The van der Waals surface area contributed by atoms with Crippen molar-refractivity contribution in [3.63, 3.8) is 0 Å². The normalized spacial score (nSPS) is 44.0. The van der Waals surface area contributed by atoms with E-state index in [2.05, 4.69) is 44.9 Å². The van der Waals surface area contributed by atoms with Crippen molar-refractivity contribution in [3.8, 4) is 0 Å². The fraction of sp³-hybridized carbons (Fsp3) is 0.895. The predicted octanol–water partition coefficient (Wildman–Crippen LogP) is 0.319. The van der Waals surface area contributed by atoms with Crippen LogP contribution in [0.3, 0.4) is 0 Å². The van der Waals surface area contributed by atoms with Gasteiger partial charge in [0.15, 0.2) is 0 Å². The number of urea groups is 1. The van der Waals surface area contributed by atoms with E-state index in [-0.39, 0.29) is 48.1 Å². The molecule has 2 bridgehead atoms. The number of nitrogens with one attached hydrogen (secondary N) is 4. The Morgan fingerprint density at radius 1 is 1.07 bits per heavy atom. The van der Waals surface area contributed by atoms with Gasteiger partial charge in [0.1, 0.15) is 6.17 Å². The molecule has 150 valence electrons. The fourth-order valence-corrected chi connectivity index (χ4v) is 6.13. The van der Waals surface area contributed by atoms with Gasteiger partial charge in [-0.3, -0.25) is 20.3 Å². The van der Waals surface area contributed by atoms with Crippen LogP contribution in [0, 0.1) is 11.8 Å². The lowest BCUT2D eigenvalue weighted by atomic mass is 9.85. The lowest BCUT2D eigenvalue weighted by molar-refractivity contribution is -0.149. The van der Waals surface area contributed by atoms with Crippen LogP contribution in [-0.4, -0.2) is 65.0 Å². The summed E-state index contributed by atoms with van der Waals surface area (Å²) in [7, 11) is 0. The molecular weight excluding hydrogens is 344 g/mol. The molecule has 6 unspecified atom stereocenters. The standard InChI is InChI=1S/C19H32N6O2/c1-19(2)23-17(26)12-6-7-13-21-16(12)24(19)10-4-3-5-11-8-9-20-15-14(11)25(13)18(27)22-15/h11-16,20-21H,3-10H2,1-2H3,(H,22,27)(H,23,26). The van der Waals surface area contributed by atoms with E-state index >= 15 is 0 Å². The second-order valence-corrected chi connectivity index (χ2v) is 9.38. The second kappa shape index (κ2) is 6.32. The number of hydrogen-bond donors (Lipinski definition) is 4. The van der Waals surface area contributed by atoms with Crippen molar-refractivity contribution in [2.45, 2.75) is 82.6 Å². The van der Waals surface area contributed by atoms with E-state index in [1.54, 1.807) is 0 Å². The molecule has 8 heteroatoms. The van der Waals surface area contributed by atoms with Gasteiger partial charge in [-0.1, -0.05) is 6.42 Å². The highest BCUT2D eigenvalue weighted by atomic mass is 16.2. The van der Waals surface area contributed by atoms with E-state index in [4.69, 9.17) is 0 Å². The summed E-state index contributed by atoms with van der Waals surface area (Å²) in [5.41, 5.74) is -0.370. The Morgan fingerprint density at radius 3 is 2.78 bits per heavy atom. The minimum absolute atomic E-state index is 0.00699. The molecule has 0 saturated carbocycles. The molecular formula is C19H32N6O2. The molecule has 5 saturated heterocycles. The number of amides is 3. The zero-order valence-corrected chi connectivity index (χ0v) is 16.3. The summed E-state index contributed by atoms with van der Waals surface area (Å²) >= 11 is 0. The maximum Gasteiger partial charge on any atom is 0.320 e. The van der Waals surface area contributed by atoms with Crippen molar-refractivity contribution in [1.82, 2.24) is 31.1 Å². The first kappa shape index (κ1) is 17.7. The van der Waals surface area contributed by atoms with Gasteiger partial charge in [-0.2, -0.15) is 0 Å². The molecule has 5 rings (SSSR count). The largest absolute Gasteiger partial charge is 0.338 e. The number of hydrogen-bond acceptors (Lipinski definition) is 5. The maximum absolute atomic E-state index is 12.9. The monoisotopic (exact) mass is 376 g/mol. The Morgan fingerprint density at radius 2 is 1.93 bits per heavy atom. The molecule has 5 heterocycles. The fourth-order valence-electron chi connectivity index (χ4n) is 6.13. The summed E-state index contributed by atoms with van der Waals surface area (Å²) < 4.78 is 0. The van der Waals surface area contributed by atoms with Crippen molar-refractivity contribution in [3.05, 3.63) is 0 Å². The third-order valence-corrected chi connectivity index (χ3v) is 7.41. The first-order chi connectivity index (χ1) is 13.0. The third-order valence-electron chi connectivity index (χ3n) is 7.41. The lowest BCUT2D eigenvalue weighted by Gasteiger charge is -2.55. The molecule has 0 radical (unpaired) electrons. The van der Waals surface area contributed by atoms with Crippen LogP contribution in [0.15, 0.2) is 0 Å². The van der Waals surface area contributed by atoms with Crippen LogP contribution in [0.5, 0.6) is 0 Å². The van der Waals surface area contributed by atoms with Crippen molar-refractivity contribution in [2.75, 3.05) is 13.1 Å². The van der Waals surface area contributed by atoms with Crippen molar-refractivity contribution in [2.24, 2.45) is 11.8 Å². The lowest BCUT2D eigenvalue weighted by Crippen LogP contribution is -2.75. The van der Waals surface area contributed by atoms with Gasteiger partial charge in [-0.05, 0) is 58.4 Å². The maximum atomic E-state index is 12.9. The van der Waals surface area contributed by atoms with E-state index in [0.717, 1.165) is 45.2 Å². The molecule has 3 amide bonds. The molecule has 0 aromatic rings. The Hall–Kier alpha value is -1.38. The summed E-state index contributed by atoms with van der Waals surface area (Å²) in [6.45, 7) is 6.13. The molecule has 0 aromatic carbocycles. The minimum Gasteiger partial charge on any atom is -0.338 e. The molecule has 5 fully saturated rings. The van der Waals surface area contributed by atoms with Gasteiger partial charge in [0.05, 0.1) is 30.0 Å². The smallest absolute Gasteiger partial charge is 0.320 e. The van der Waals surface area contributed by atoms with Crippen LogP contribution in [0.1, 0.15) is 52.4 Å².